The van der Waals surface area contributed by atoms with Gasteiger partial charge in [-0.15, -0.1) is 0 Å². The number of carbonyl (C=O) groups is 2. The average Bonchev–Trinajstić information content (AvgIpc) is 2.84. The van der Waals surface area contributed by atoms with Gasteiger partial charge in [-0.05, 0) is 73.2 Å². The number of likely N-dealkylation sites (tertiary alicyclic amines) is 1. The second-order valence-corrected chi connectivity index (χ2v) is 8.86. The summed E-state index contributed by atoms with van der Waals surface area (Å²) in [5.41, 5.74) is 4.89. The van der Waals surface area contributed by atoms with Crippen LogP contribution in [0.5, 0.6) is 0 Å². The maximum absolute atomic E-state index is 13.5. The number of aromatic nitrogens is 2. The van der Waals surface area contributed by atoms with E-state index in [2.05, 4.69) is 27.8 Å². The molecule has 7 nitrogen and oxygen atoms in total. The van der Waals surface area contributed by atoms with Gasteiger partial charge in [0.2, 0.25) is 11.9 Å². The fourth-order valence-corrected chi connectivity index (χ4v) is 4.70. The van der Waals surface area contributed by atoms with Crippen molar-refractivity contribution in [1.82, 2.24) is 20.2 Å². The van der Waals surface area contributed by atoms with Crippen molar-refractivity contribution in [2.45, 2.75) is 32.6 Å². The Morgan fingerprint density at radius 3 is 2.51 bits per heavy atom. The van der Waals surface area contributed by atoms with Crippen molar-refractivity contribution in [3.05, 3.63) is 77.0 Å². The highest BCUT2D eigenvalue weighted by molar-refractivity contribution is 6.05. The molecule has 1 N–H and O–H groups in total. The van der Waals surface area contributed by atoms with Gasteiger partial charge < -0.3 is 10.2 Å². The fourth-order valence-electron chi connectivity index (χ4n) is 4.70. The quantitative estimate of drug-likeness (QED) is 0.554. The molecule has 2 aliphatic rings. The van der Waals surface area contributed by atoms with Crippen LogP contribution in [0.15, 0.2) is 48.7 Å². The minimum atomic E-state index is -0.552. The Balaban J connectivity index is 1.43. The number of pyridine rings is 2. The minimum absolute atomic E-state index is 0.129. The van der Waals surface area contributed by atoms with Crippen LogP contribution in [-0.4, -0.2) is 39.8 Å². The molecule has 2 aliphatic heterocycles. The van der Waals surface area contributed by atoms with E-state index < -0.39 is 5.95 Å². The summed E-state index contributed by atoms with van der Waals surface area (Å²) >= 11 is 0. The molecule has 177 valence electrons. The molecule has 0 atom stereocenters. The lowest BCUT2D eigenvalue weighted by Crippen LogP contribution is -2.36. The lowest BCUT2D eigenvalue weighted by atomic mass is 9.89. The van der Waals surface area contributed by atoms with Gasteiger partial charge in [-0.3, -0.25) is 9.59 Å². The molecule has 1 aromatic carbocycles. The third-order valence-electron chi connectivity index (χ3n) is 6.62. The number of carbonyl (C=O) groups excluding carboxylic acids is 2. The number of hydrogen-bond donors (Lipinski definition) is 1. The molecule has 0 spiro atoms. The maximum Gasteiger partial charge on any atom is 0.281 e. The molecule has 8 heteroatoms. The van der Waals surface area contributed by atoms with E-state index in [1.165, 1.54) is 17.8 Å². The molecule has 1 radical (unpaired) electrons. The van der Waals surface area contributed by atoms with Crippen LogP contribution in [0.3, 0.4) is 0 Å². The predicted molar refractivity (Wildman–Crippen MR) is 132 cm³/mol. The first kappa shape index (κ1) is 22.7. The number of aryl methyl sites for hydroxylation is 1. The van der Waals surface area contributed by atoms with Gasteiger partial charge in [-0.25, -0.2) is 15.3 Å². The largest absolute Gasteiger partial charge is 0.343 e. The van der Waals surface area contributed by atoms with Crippen LogP contribution in [0.2, 0.25) is 0 Å². The van der Waals surface area contributed by atoms with Crippen LogP contribution >= 0.6 is 0 Å². The molecular weight excluding hydrogens is 445 g/mol. The monoisotopic (exact) mass is 470 g/mol. The zero-order chi connectivity index (χ0) is 24.5. The van der Waals surface area contributed by atoms with Gasteiger partial charge in [0, 0.05) is 43.2 Å². The van der Waals surface area contributed by atoms with E-state index >= 15 is 0 Å². The van der Waals surface area contributed by atoms with Crippen LogP contribution in [-0.2, 0) is 4.79 Å². The first-order valence-electron chi connectivity index (χ1n) is 11.6. The Bertz CT molecular complexity index is 1330. The van der Waals surface area contributed by atoms with Gasteiger partial charge in [0.05, 0.1) is 11.3 Å². The van der Waals surface area contributed by atoms with E-state index in [9.17, 15) is 14.0 Å². The highest BCUT2D eigenvalue weighted by atomic mass is 19.1. The molecular formula is C27H25FN5O2. The van der Waals surface area contributed by atoms with Gasteiger partial charge in [0.1, 0.15) is 5.82 Å². The second kappa shape index (κ2) is 9.29. The number of fused-ring (bicyclic) bond motifs is 1. The van der Waals surface area contributed by atoms with Crippen molar-refractivity contribution in [3.63, 3.8) is 0 Å². The summed E-state index contributed by atoms with van der Waals surface area (Å²) in [5.74, 6) is 0.00862. The predicted octanol–water partition coefficient (Wildman–Crippen LogP) is 4.79. The van der Waals surface area contributed by atoms with Crippen LogP contribution in [0.4, 0.5) is 15.9 Å². The summed E-state index contributed by atoms with van der Waals surface area (Å²) < 4.78 is 13.5. The van der Waals surface area contributed by atoms with Crippen LogP contribution in [0.25, 0.3) is 17.3 Å². The molecule has 0 saturated carbocycles. The number of rotatable bonds is 4. The van der Waals surface area contributed by atoms with Crippen molar-refractivity contribution in [2.24, 2.45) is 0 Å². The number of amides is 2. The molecule has 5 rings (SSSR count). The zero-order valence-electron chi connectivity index (χ0n) is 19.6. The topological polar surface area (TPSA) is 89.3 Å². The van der Waals surface area contributed by atoms with Crippen LogP contribution < -0.4 is 10.6 Å². The summed E-state index contributed by atoms with van der Waals surface area (Å²) in [7, 11) is 0. The first-order chi connectivity index (χ1) is 16.9. The van der Waals surface area contributed by atoms with Crippen LogP contribution in [0, 0.1) is 12.9 Å². The second-order valence-electron chi connectivity index (χ2n) is 8.86. The van der Waals surface area contributed by atoms with Gasteiger partial charge in [0.25, 0.3) is 5.91 Å². The molecule has 1 fully saturated rings. The van der Waals surface area contributed by atoms with Gasteiger partial charge in [-0.1, -0.05) is 12.1 Å². The van der Waals surface area contributed by atoms with Crippen molar-refractivity contribution in [2.75, 3.05) is 18.4 Å². The molecule has 0 unspecified atom stereocenters. The third kappa shape index (κ3) is 4.64. The number of hydrogen-bond acceptors (Lipinski definition) is 5. The van der Waals surface area contributed by atoms with Crippen LogP contribution in [0.1, 0.15) is 52.9 Å². The summed E-state index contributed by atoms with van der Waals surface area (Å²) in [4.78, 5) is 34.7. The summed E-state index contributed by atoms with van der Waals surface area (Å²) in [6, 6.07) is 12.8. The number of nitrogens with one attached hydrogen (secondary N) is 1. The first-order valence-corrected chi connectivity index (χ1v) is 11.6. The molecule has 2 amide bonds. The van der Waals surface area contributed by atoms with E-state index in [1.54, 1.807) is 32.1 Å². The standard InChI is InChI=1S/C27H25FN5O2/c1-16-22(7-8-24(28)30-16)23-15-20-9-12-29-27(35)25(20)26(32-23)31-21-5-3-18(4-6-21)19-10-13-33(14-11-19)17(2)34/h3-9,12,15,19H,10-11,13-14H2,1-2H3,(H,31,32). The zero-order valence-corrected chi connectivity index (χ0v) is 19.6. The Morgan fingerprint density at radius 1 is 1.09 bits per heavy atom. The van der Waals surface area contributed by atoms with Gasteiger partial charge in [-0.2, -0.15) is 4.39 Å². The molecule has 2 aromatic heterocycles. The minimum Gasteiger partial charge on any atom is -0.343 e. The fraction of sp³-hybridized carbons (Fsp3) is 0.259. The smallest absolute Gasteiger partial charge is 0.281 e. The van der Waals surface area contributed by atoms with Gasteiger partial charge in [0.15, 0.2) is 0 Å². The molecule has 0 aliphatic carbocycles. The molecule has 35 heavy (non-hydrogen) atoms. The number of halogens is 1. The third-order valence-corrected chi connectivity index (χ3v) is 6.62. The highest BCUT2D eigenvalue weighted by Crippen LogP contribution is 2.33. The number of piperidine rings is 1. The lowest BCUT2D eigenvalue weighted by Gasteiger charge is -2.31. The van der Waals surface area contributed by atoms with E-state index in [0.717, 1.165) is 31.6 Å². The summed E-state index contributed by atoms with van der Waals surface area (Å²) in [5, 5.41) is 7.19. The van der Waals surface area contributed by atoms with E-state index in [-0.39, 0.29) is 11.8 Å². The van der Waals surface area contributed by atoms with Crippen molar-refractivity contribution in [1.29, 1.82) is 0 Å². The van der Waals surface area contributed by atoms with Gasteiger partial charge >= 0.3 is 0 Å². The van der Waals surface area contributed by atoms with E-state index in [0.29, 0.717) is 39.8 Å². The summed E-state index contributed by atoms with van der Waals surface area (Å²) in [6.07, 6.45) is 5.11. The Kier molecular flexibility index (Phi) is 6.03. The van der Waals surface area contributed by atoms with E-state index in [1.807, 2.05) is 17.0 Å². The normalized spacial score (nSPS) is 15.5. The number of anilines is 2. The molecule has 1 saturated heterocycles. The maximum atomic E-state index is 13.5. The number of nitrogens with zero attached hydrogens (tertiary/aromatic N) is 4. The van der Waals surface area contributed by atoms with E-state index in [4.69, 9.17) is 4.98 Å². The van der Waals surface area contributed by atoms with Crippen molar-refractivity contribution >= 4 is 29.4 Å². The average molecular weight is 471 g/mol. The van der Waals surface area contributed by atoms with Crippen molar-refractivity contribution < 1.29 is 14.0 Å². The Hall–Kier alpha value is -4.07. The Morgan fingerprint density at radius 2 is 1.83 bits per heavy atom. The molecule has 3 aromatic rings. The van der Waals surface area contributed by atoms with Crippen molar-refractivity contribution in [3.8, 4) is 11.3 Å². The number of benzene rings is 1. The SMILES string of the molecule is CC(=O)N1CCC(c2ccc(Nc3nc(-c4ccc(F)nc4C)cc4c3C(=O)[N]C=C4)cc2)CC1. The molecule has 4 heterocycles. The summed E-state index contributed by atoms with van der Waals surface area (Å²) in [6.45, 7) is 4.89. The Labute approximate surface area is 203 Å². The highest BCUT2D eigenvalue weighted by Gasteiger charge is 2.24. The lowest BCUT2D eigenvalue weighted by molar-refractivity contribution is -0.129. The molecule has 0 bridgehead atoms.